The molecule has 0 saturated carbocycles. The second-order valence-electron chi connectivity index (χ2n) is 4.80. The average molecular weight is 294 g/mol. The third-order valence-electron chi connectivity index (χ3n) is 3.33. The number of carbonyl (C=O) groups excluding carboxylic acids is 1. The van der Waals surface area contributed by atoms with Crippen molar-refractivity contribution in [1.29, 1.82) is 0 Å². The van der Waals surface area contributed by atoms with Crippen LogP contribution in [0.5, 0.6) is 5.75 Å². The molecule has 3 aromatic rings. The number of nitrogens with zero attached hydrogens (tertiary/aromatic N) is 2. The lowest BCUT2D eigenvalue weighted by Gasteiger charge is -2.08. The molecule has 0 aliphatic rings. The van der Waals surface area contributed by atoms with Gasteiger partial charge in [-0.1, -0.05) is 30.3 Å². The van der Waals surface area contributed by atoms with Crippen LogP contribution in [0.15, 0.2) is 59.5 Å². The van der Waals surface area contributed by atoms with E-state index < -0.39 is 0 Å². The number of aromatic nitrogens is 2. The Bertz CT molecular complexity index is 871. The van der Waals surface area contributed by atoms with Crippen molar-refractivity contribution in [2.45, 2.75) is 6.54 Å². The minimum Gasteiger partial charge on any atom is -0.492 e. The number of benzene rings is 2. The minimum atomic E-state index is -0.136. The molecule has 3 rings (SSSR count). The molecule has 0 bridgehead atoms. The van der Waals surface area contributed by atoms with E-state index in [4.69, 9.17) is 4.74 Å². The van der Waals surface area contributed by atoms with E-state index in [9.17, 15) is 9.59 Å². The van der Waals surface area contributed by atoms with E-state index in [0.717, 1.165) is 11.7 Å². The number of aldehydes is 1. The molecule has 0 radical (unpaired) electrons. The zero-order chi connectivity index (χ0) is 15.4. The molecule has 0 spiro atoms. The van der Waals surface area contributed by atoms with Gasteiger partial charge in [0.05, 0.1) is 18.1 Å². The van der Waals surface area contributed by atoms with E-state index in [-0.39, 0.29) is 5.56 Å². The molecule has 110 valence electrons. The smallest absolute Gasteiger partial charge is 0.274 e. The van der Waals surface area contributed by atoms with E-state index >= 15 is 0 Å². The number of hydrogen-bond acceptors (Lipinski definition) is 4. The summed E-state index contributed by atoms with van der Waals surface area (Å²) in [6, 6.07) is 14.2. The summed E-state index contributed by atoms with van der Waals surface area (Å²) in [4.78, 5) is 23.0. The molecule has 1 heterocycles. The van der Waals surface area contributed by atoms with E-state index in [1.807, 2.05) is 18.2 Å². The van der Waals surface area contributed by atoms with Crippen LogP contribution in [0.3, 0.4) is 0 Å². The Morgan fingerprint density at radius 3 is 2.86 bits per heavy atom. The summed E-state index contributed by atoms with van der Waals surface area (Å²) >= 11 is 0. The second kappa shape index (κ2) is 6.22. The van der Waals surface area contributed by atoms with Crippen LogP contribution in [-0.2, 0) is 6.54 Å². The molecular formula is C17H14N2O3. The van der Waals surface area contributed by atoms with Crippen LogP contribution in [0.1, 0.15) is 10.4 Å². The van der Waals surface area contributed by atoms with Gasteiger partial charge in [-0.2, -0.15) is 5.10 Å². The molecule has 5 heteroatoms. The Kier molecular flexibility index (Phi) is 3.96. The summed E-state index contributed by atoms with van der Waals surface area (Å²) in [6.07, 6.45) is 2.44. The van der Waals surface area contributed by atoms with Gasteiger partial charge in [-0.3, -0.25) is 9.59 Å². The number of hydrogen-bond donors (Lipinski definition) is 0. The average Bonchev–Trinajstić information content (AvgIpc) is 2.57. The van der Waals surface area contributed by atoms with E-state index in [0.29, 0.717) is 29.9 Å². The fourth-order valence-electron chi connectivity index (χ4n) is 2.21. The lowest BCUT2D eigenvalue weighted by Crippen LogP contribution is -2.25. The highest BCUT2D eigenvalue weighted by Gasteiger charge is 2.03. The highest BCUT2D eigenvalue weighted by Crippen LogP contribution is 2.12. The number of rotatable bonds is 5. The van der Waals surface area contributed by atoms with E-state index in [2.05, 4.69) is 5.10 Å². The highest BCUT2D eigenvalue weighted by atomic mass is 16.5. The van der Waals surface area contributed by atoms with Gasteiger partial charge in [0.2, 0.25) is 0 Å². The SMILES string of the molecule is O=Cc1cccc(OCCn2ncc3ccccc3c2=O)c1. The van der Waals surface area contributed by atoms with Gasteiger partial charge in [-0.25, -0.2) is 4.68 Å². The predicted octanol–water partition coefficient (Wildman–Crippen LogP) is 2.29. The second-order valence-corrected chi connectivity index (χ2v) is 4.80. The predicted molar refractivity (Wildman–Crippen MR) is 83.3 cm³/mol. The maximum absolute atomic E-state index is 12.3. The van der Waals surface area contributed by atoms with Gasteiger partial charge in [-0.05, 0) is 18.2 Å². The van der Waals surface area contributed by atoms with Crippen molar-refractivity contribution in [3.05, 3.63) is 70.6 Å². The Morgan fingerprint density at radius 2 is 2.00 bits per heavy atom. The topological polar surface area (TPSA) is 61.2 Å². The van der Waals surface area contributed by atoms with Crippen molar-refractivity contribution in [2.24, 2.45) is 0 Å². The molecule has 0 N–H and O–H groups in total. The van der Waals surface area contributed by atoms with Crippen molar-refractivity contribution in [2.75, 3.05) is 6.61 Å². The van der Waals surface area contributed by atoms with Crippen molar-refractivity contribution in [3.8, 4) is 5.75 Å². The monoisotopic (exact) mass is 294 g/mol. The van der Waals surface area contributed by atoms with E-state index in [1.165, 1.54) is 4.68 Å². The Labute approximate surface area is 126 Å². The molecule has 0 atom stereocenters. The highest BCUT2D eigenvalue weighted by molar-refractivity contribution is 5.80. The summed E-state index contributed by atoms with van der Waals surface area (Å²) in [6.45, 7) is 0.641. The molecule has 0 unspecified atom stereocenters. The summed E-state index contributed by atoms with van der Waals surface area (Å²) in [5.74, 6) is 0.596. The van der Waals surface area contributed by atoms with Crippen LogP contribution in [0, 0.1) is 0 Å². The fourth-order valence-corrected chi connectivity index (χ4v) is 2.21. The quantitative estimate of drug-likeness (QED) is 0.677. The van der Waals surface area contributed by atoms with Gasteiger partial charge in [0.1, 0.15) is 18.6 Å². The third-order valence-corrected chi connectivity index (χ3v) is 3.33. The number of carbonyl (C=O) groups is 1. The Morgan fingerprint density at radius 1 is 1.14 bits per heavy atom. The lowest BCUT2D eigenvalue weighted by atomic mass is 10.2. The molecule has 2 aromatic carbocycles. The maximum atomic E-state index is 12.3. The van der Waals surface area contributed by atoms with Gasteiger partial charge in [0.15, 0.2) is 0 Å². The third kappa shape index (κ3) is 2.88. The van der Waals surface area contributed by atoms with E-state index in [1.54, 1.807) is 36.5 Å². The van der Waals surface area contributed by atoms with Gasteiger partial charge < -0.3 is 4.74 Å². The standard InChI is InChI=1S/C17H14N2O3/c20-12-13-4-3-6-15(10-13)22-9-8-19-17(21)16-7-2-1-5-14(16)11-18-19/h1-7,10-12H,8-9H2. The number of fused-ring (bicyclic) bond motifs is 1. The van der Waals surface area contributed by atoms with Gasteiger partial charge in [0, 0.05) is 10.9 Å². The molecule has 0 fully saturated rings. The maximum Gasteiger partial charge on any atom is 0.274 e. The van der Waals surface area contributed by atoms with Gasteiger partial charge in [-0.15, -0.1) is 0 Å². The van der Waals surface area contributed by atoms with Crippen LogP contribution >= 0.6 is 0 Å². The van der Waals surface area contributed by atoms with Crippen LogP contribution in [0.4, 0.5) is 0 Å². The van der Waals surface area contributed by atoms with Crippen molar-refractivity contribution < 1.29 is 9.53 Å². The summed E-state index contributed by atoms with van der Waals surface area (Å²) < 4.78 is 6.94. The molecular weight excluding hydrogens is 280 g/mol. The number of ether oxygens (including phenoxy) is 1. The van der Waals surface area contributed by atoms with Crippen molar-refractivity contribution >= 4 is 17.1 Å². The largest absolute Gasteiger partial charge is 0.492 e. The zero-order valence-electron chi connectivity index (χ0n) is 11.8. The van der Waals surface area contributed by atoms with Crippen molar-refractivity contribution in [1.82, 2.24) is 9.78 Å². The molecule has 0 aliphatic carbocycles. The first kappa shape index (κ1) is 14.0. The normalized spacial score (nSPS) is 10.5. The van der Waals surface area contributed by atoms with Crippen molar-refractivity contribution in [3.63, 3.8) is 0 Å². The first-order valence-electron chi connectivity index (χ1n) is 6.91. The zero-order valence-corrected chi connectivity index (χ0v) is 11.8. The Balaban J connectivity index is 1.72. The summed E-state index contributed by atoms with van der Waals surface area (Å²) in [5.41, 5.74) is 0.418. The van der Waals surface area contributed by atoms with Gasteiger partial charge >= 0.3 is 0 Å². The van der Waals surface area contributed by atoms with Crippen LogP contribution in [-0.4, -0.2) is 22.7 Å². The first-order chi connectivity index (χ1) is 10.8. The molecule has 22 heavy (non-hydrogen) atoms. The van der Waals surface area contributed by atoms with Crippen LogP contribution < -0.4 is 10.3 Å². The lowest BCUT2D eigenvalue weighted by molar-refractivity contribution is 0.112. The first-order valence-corrected chi connectivity index (χ1v) is 6.91. The van der Waals surface area contributed by atoms with Crippen LogP contribution in [0.25, 0.3) is 10.8 Å². The Hall–Kier alpha value is -2.95. The minimum absolute atomic E-state index is 0.136. The molecule has 1 aromatic heterocycles. The van der Waals surface area contributed by atoms with Crippen LogP contribution in [0.2, 0.25) is 0 Å². The fraction of sp³-hybridized carbons (Fsp3) is 0.118. The summed E-state index contributed by atoms with van der Waals surface area (Å²) in [7, 11) is 0. The summed E-state index contributed by atoms with van der Waals surface area (Å²) in [5, 5.41) is 5.60. The molecule has 5 nitrogen and oxygen atoms in total. The molecule has 0 aliphatic heterocycles. The molecule has 0 amide bonds. The van der Waals surface area contributed by atoms with Gasteiger partial charge in [0.25, 0.3) is 5.56 Å². The molecule has 0 saturated heterocycles.